The molecule has 5 nitrogen and oxygen atoms in total. The van der Waals surface area contributed by atoms with Crippen LogP contribution in [-0.2, 0) is 26.4 Å². The summed E-state index contributed by atoms with van der Waals surface area (Å²) in [6.45, 7) is 0.493. The third kappa shape index (κ3) is 2.71. The van der Waals surface area contributed by atoms with E-state index < -0.39 is 0 Å². The Balaban J connectivity index is 1.43. The third-order valence-electron chi connectivity index (χ3n) is 5.60. The molecule has 0 bridgehead atoms. The van der Waals surface area contributed by atoms with Crippen molar-refractivity contribution in [3.8, 4) is 5.69 Å². The van der Waals surface area contributed by atoms with Gasteiger partial charge in [-0.3, -0.25) is 4.79 Å². The zero-order chi connectivity index (χ0) is 19.1. The fourth-order valence-corrected chi connectivity index (χ4v) is 4.18. The molecule has 140 valence electrons. The van der Waals surface area contributed by atoms with E-state index in [9.17, 15) is 4.79 Å². The molecule has 1 amide bonds. The summed E-state index contributed by atoms with van der Waals surface area (Å²) >= 11 is 0. The van der Waals surface area contributed by atoms with Crippen LogP contribution in [0.15, 0.2) is 60.8 Å². The maximum absolute atomic E-state index is 13.0. The second kappa shape index (κ2) is 6.68. The number of nitrogens with zero attached hydrogens (tertiary/aromatic N) is 3. The number of hydrogen-bond acceptors (Lipinski definition) is 2. The molecule has 2 heterocycles. The molecule has 2 aromatic carbocycles. The molecule has 1 aliphatic carbocycles. The summed E-state index contributed by atoms with van der Waals surface area (Å²) in [6.07, 6.45) is 5.00. The predicted octanol–water partition coefficient (Wildman–Crippen LogP) is 3.78. The van der Waals surface area contributed by atoms with Crippen LogP contribution in [0.3, 0.4) is 0 Å². The van der Waals surface area contributed by atoms with E-state index in [1.807, 2.05) is 54.3 Å². The summed E-state index contributed by atoms with van der Waals surface area (Å²) in [5.41, 5.74) is 6.12. The third-order valence-corrected chi connectivity index (χ3v) is 5.60. The van der Waals surface area contributed by atoms with Crippen molar-refractivity contribution >= 4 is 16.8 Å². The van der Waals surface area contributed by atoms with Gasteiger partial charge < -0.3 is 9.88 Å². The van der Waals surface area contributed by atoms with Crippen molar-refractivity contribution in [3.63, 3.8) is 0 Å². The minimum atomic E-state index is -0.0965. The Kier molecular flexibility index (Phi) is 4.01. The molecular formula is C23H22N4O. The van der Waals surface area contributed by atoms with Crippen LogP contribution in [-0.4, -0.2) is 20.3 Å². The number of nitrogens with one attached hydrogen (secondary N) is 1. The molecule has 2 aromatic heterocycles. The van der Waals surface area contributed by atoms with Crippen LogP contribution in [0.4, 0.5) is 0 Å². The Morgan fingerprint density at radius 2 is 1.93 bits per heavy atom. The number of aryl methyl sites for hydroxylation is 1. The molecule has 0 aliphatic heterocycles. The van der Waals surface area contributed by atoms with Crippen molar-refractivity contribution in [2.75, 3.05) is 0 Å². The first-order valence-electron chi connectivity index (χ1n) is 9.69. The largest absolute Gasteiger partial charge is 0.351 e. The van der Waals surface area contributed by atoms with Gasteiger partial charge in [-0.2, -0.15) is 5.10 Å². The summed E-state index contributed by atoms with van der Waals surface area (Å²) < 4.78 is 4.03. The van der Waals surface area contributed by atoms with Gasteiger partial charge in [0.25, 0.3) is 5.91 Å². The Morgan fingerprint density at radius 3 is 2.79 bits per heavy atom. The average molecular weight is 370 g/mol. The molecule has 4 aromatic rings. The average Bonchev–Trinajstić information content (AvgIpc) is 3.43. The number of benzene rings is 2. The monoisotopic (exact) mass is 370 g/mol. The van der Waals surface area contributed by atoms with Crippen LogP contribution >= 0.6 is 0 Å². The van der Waals surface area contributed by atoms with Gasteiger partial charge in [0.2, 0.25) is 0 Å². The molecule has 1 aliphatic rings. The lowest BCUT2D eigenvalue weighted by Crippen LogP contribution is -2.24. The summed E-state index contributed by atoms with van der Waals surface area (Å²) in [7, 11) is 2.03. The van der Waals surface area contributed by atoms with Crippen LogP contribution in [0, 0.1) is 0 Å². The van der Waals surface area contributed by atoms with Crippen LogP contribution < -0.4 is 5.32 Å². The number of para-hydroxylation sites is 1. The minimum absolute atomic E-state index is 0.0965. The van der Waals surface area contributed by atoms with E-state index in [4.69, 9.17) is 0 Å². The Morgan fingerprint density at radius 1 is 1.07 bits per heavy atom. The SMILES string of the molecule is Cn1ccc2c(CNC(=O)c3nn(-c4ccccc4)c4c3CCC4)cccc21. The lowest BCUT2D eigenvalue weighted by Gasteiger charge is -2.07. The lowest BCUT2D eigenvalue weighted by molar-refractivity contribution is 0.0944. The lowest BCUT2D eigenvalue weighted by atomic mass is 10.1. The van der Waals surface area contributed by atoms with E-state index in [1.165, 1.54) is 16.6 Å². The number of amides is 1. The van der Waals surface area contributed by atoms with Gasteiger partial charge in [0.1, 0.15) is 0 Å². The highest BCUT2D eigenvalue weighted by atomic mass is 16.1. The van der Waals surface area contributed by atoms with E-state index in [-0.39, 0.29) is 5.91 Å². The maximum atomic E-state index is 13.0. The van der Waals surface area contributed by atoms with E-state index in [1.54, 1.807) is 0 Å². The Hall–Kier alpha value is -3.34. The van der Waals surface area contributed by atoms with Crippen molar-refractivity contribution in [2.45, 2.75) is 25.8 Å². The smallest absolute Gasteiger partial charge is 0.272 e. The Labute approximate surface area is 163 Å². The highest BCUT2D eigenvalue weighted by Crippen LogP contribution is 2.28. The zero-order valence-electron chi connectivity index (χ0n) is 15.9. The van der Waals surface area contributed by atoms with Crippen LogP contribution in [0.2, 0.25) is 0 Å². The van der Waals surface area contributed by atoms with Gasteiger partial charge >= 0.3 is 0 Å². The number of carbonyl (C=O) groups is 1. The van der Waals surface area contributed by atoms with Crippen molar-refractivity contribution < 1.29 is 4.79 Å². The molecule has 5 rings (SSSR count). The second-order valence-electron chi connectivity index (χ2n) is 7.33. The van der Waals surface area contributed by atoms with Crippen LogP contribution in [0.1, 0.15) is 33.7 Å². The molecule has 0 spiro atoms. The fourth-order valence-electron chi connectivity index (χ4n) is 4.18. The minimum Gasteiger partial charge on any atom is -0.351 e. The summed E-state index contributed by atoms with van der Waals surface area (Å²) in [5.74, 6) is -0.0965. The van der Waals surface area contributed by atoms with Crippen molar-refractivity contribution in [3.05, 3.63) is 83.3 Å². The highest BCUT2D eigenvalue weighted by molar-refractivity contribution is 5.94. The van der Waals surface area contributed by atoms with E-state index in [0.717, 1.165) is 36.1 Å². The van der Waals surface area contributed by atoms with Gasteiger partial charge in [-0.1, -0.05) is 30.3 Å². The first-order valence-corrected chi connectivity index (χ1v) is 9.69. The quantitative estimate of drug-likeness (QED) is 0.594. The molecule has 0 atom stereocenters. The molecule has 1 N–H and O–H groups in total. The molecule has 5 heteroatoms. The van der Waals surface area contributed by atoms with Crippen LogP contribution in [0.25, 0.3) is 16.6 Å². The van der Waals surface area contributed by atoms with Gasteiger partial charge in [-0.05, 0) is 49.1 Å². The molecule has 28 heavy (non-hydrogen) atoms. The molecule has 0 fully saturated rings. The predicted molar refractivity (Wildman–Crippen MR) is 110 cm³/mol. The van der Waals surface area contributed by atoms with Gasteiger partial charge in [0, 0.05) is 41.9 Å². The van der Waals surface area contributed by atoms with Gasteiger partial charge in [0.05, 0.1) is 5.69 Å². The highest BCUT2D eigenvalue weighted by Gasteiger charge is 2.26. The number of carbonyl (C=O) groups excluding carboxylic acids is 1. The first-order chi connectivity index (χ1) is 13.7. The van der Waals surface area contributed by atoms with Gasteiger partial charge in [-0.25, -0.2) is 4.68 Å². The number of aromatic nitrogens is 3. The summed E-state index contributed by atoms with van der Waals surface area (Å²) in [4.78, 5) is 13.0. The van der Waals surface area contributed by atoms with Gasteiger partial charge in [0.15, 0.2) is 5.69 Å². The van der Waals surface area contributed by atoms with E-state index in [0.29, 0.717) is 12.2 Å². The number of hydrogen-bond donors (Lipinski definition) is 1. The number of fused-ring (bicyclic) bond motifs is 2. The molecule has 0 radical (unpaired) electrons. The summed E-state index contributed by atoms with van der Waals surface area (Å²) in [6, 6.07) is 18.3. The Bertz CT molecular complexity index is 1170. The standard InChI is InChI=1S/C23H22N4O/c1-26-14-13-18-16(7-5-11-20(18)26)15-24-23(28)22-19-10-6-12-21(19)27(25-22)17-8-3-2-4-9-17/h2-5,7-9,11,13-14H,6,10,12,15H2,1H3,(H,24,28). The fraction of sp³-hybridized carbons (Fsp3) is 0.217. The topological polar surface area (TPSA) is 51.9 Å². The first kappa shape index (κ1) is 16.8. The normalized spacial score (nSPS) is 13.0. The number of rotatable bonds is 4. The second-order valence-corrected chi connectivity index (χ2v) is 7.33. The van der Waals surface area contributed by atoms with Crippen molar-refractivity contribution in [2.24, 2.45) is 7.05 Å². The molecule has 0 saturated heterocycles. The molecule has 0 saturated carbocycles. The van der Waals surface area contributed by atoms with Crippen molar-refractivity contribution in [1.29, 1.82) is 0 Å². The summed E-state index contributed by atoms with van der Waals surface area (Å²) in [5, 5.41) is 8.94. The maximum Gasteiger partial charge on any atom is 0.272 e. The van der Waals surface area contributed by atoms with E-state index >= 15 is 0 Å². The van der Waals surface area contributed by atoms with Crippen LogP contribution in [0.5, 0.6) is 0 Å². The van der Waals surface area contributed by atoms with Gasteiger partial charge in [-0.15, -0.1) is 0 Å². The zero-order valence-corrected chi connectivity index (χ0v) is 15.9. The molecule has 0 unspecified atom stereocenters. The molecular weight excluding hydrogens is 348 g/mol. The van der Waals surface area contributed by atoms with E-state index in [2.05, 4.69) is 33.2 Å². The van der Waals surface area contributed by atoms with Crippen molar-refractivity contribution in [1.82, 2.24) is 19.7 Å².